The Kier molecular flexibility index (Phi) is 5.06. The fraction of sp³-hybridized carbons (Fsp3) is 0.538. The Morgan fingerprint density at radius 2 is 2.25 bits per heavy atom. The molecule has 112 valence electrons. The van der Waals surface area contributed by atoms with E-state index in [0.717, 1.165) is 22.9 Å². The van der Waals surface area contributed by atoms with Gasteiger partial charge in [0.1, 0.15) is 10.6 Å². The molecular formula is C13H18BrNO4S. The Morgan fingerprint density at radius 1 is 1.50 bits per heavy atom. The molecule has 1 saturated heterocycles. The van der Waals surface area contributed by atoms with Crippen LogP contribution in [0.4, 0.5) is 0 Å². The van der Waals surface area contributed by atoms with Crippen LogP contribution in [-0.4, -0.2) is 34.8 Å². The molecule has 1 unspecified atom stereocenters. The molecule has 7 heteroatoms. The molecule has 1 aliphatic heterocycles. The number of ether oxygens (including phenoxy) is 2. The maximum atomic E-state index is 12.4. The van der Waals surface area contributed by atoms with Crippen LogP contribution in [0.5, 0.6) is 5.75 Å². The maximum absolute atomic E-state index is 12.4. The molecule has 0 aliphatic carbocycles. The van der Waals surface area contributed by atoms with Crippen LogP contribution in [0.3, 0.4) is 0 Å². The van der Waals surface area contributed by atoms with Crippen LogP contribution >= 0.6 is 15.9 Å². The molecule has 0 amide bonds. The molecule has 0 spiro atoms. The van der Waals surface area contributed by atoms with E-state index >= 15 is 0 Å². The summed E-state index contributed by atoms with van der Waals surface area (Å²) in [4.78, 5) is 0.135. The van der Waals surface area contributed by atoms with Gasteiger partial charge in [-0.05, 0) is 37.5 Å². The number of benzene rings is 1. The minimum absolute atomic E-state index is 0.0374. The molecule has 1 heterocycles. The first-order chi connectivity index (χ1) is 9.44. The normalized spacial score (nSPS) is 19.2. The minimum atomic E-state index is -3.61. The van der Waals surface area contributed by atoms with Crippen molar-refractivity contribution >= 4 is 26.0 Å². The van der Waals surface area contributed by atoms with Crippen molar-refractivity contribution in [3.05, 3.63) is 22.2 Å². The quantitative estimate of drug-likeness (QED) is 0.870. The largest absolute Gasteiger partial charge is 0.495 e. The van der Waals surface area contributed by atoms with E-state index in [0.29, 0.717) is 12.4 Å². The van der Waals surface area contributed by atoms with Crippen LogP contribution in [-0.2, 0) is 14.8 Å². The number of rotatable bonds is 5. The Hall–Kier alpha value is -0.630. The van der Waals surface area contributed by atoms with Crippen molar-refractivity contribution in [3.8, 4) is 5.75 Å². The van der Waals surface area contributed by atoms with Gasteiger partial charge in [-0.25, -0.2) is 13.1 Å². The second kappa shape index (κ2) is 6.43. The summed E-state index contributed by atoms with van der Waals surface area (Å²) in [5.41, 5.74) is 0.917. The van der Waals surface area contributed by atoms with E-state index in [1.165, 1.54) is 7.11 Å². The molecule has 20 heavy (non-hydrogen) atoms. The molecule has 1 atom stereocenters. The predicted octanol–water partition coefficient (Wildman–Crippen LogP) is 2.22. The zero-order valence-electron chi connectivity index (χ0n) is 11.5. The standard InChI is InChI=1S/C13H18BrNO4S/c1-9-6-12(18-2)13(7-11(9)14)20(16,17)15-8-10-4-3-5-19-10/h6-7,10,15H,3-5,8H2,1-2H3. The Labute approximate surface area is 127 Å². The topological polar surface area (TPSA) is 64.6 Å². The SMILES string of the molecule is COc1cc(C)c(Br)cc1S(=O)(=O)NCC1CCCO1. The number of methoxy groups -OCH3 is 1. The lowest BCUT2D eigenvalue weighted by Crippen LogP contribution is -2.32. The van der Waals surface area contributed by atoms with E-state index in [1.807, 2.05) is 6.92 Å². The van der Waals surface area contributed by atoms with Gasteiger partial charge in [-0.2, -0.15) is 0 Å². The highest BCUT2D eigenvalue weighted by molar-refractivity contribution is 9.10. The van der Waals surface area contributed by atoms with Gasteiger partial charge < -0.3 is 9.47 Å². The van der Waals surface area contributed by atoms with Crippen molar-refractivity contribution in [2.75, 3.05) is 20.3 Å². The Balaban J connectivity index is 2.21. The van der Waals surface area contributed by atoms with E-state index in [4.69, 9.17) is 9.47 Å². The molecule has 2 rings (SSSR count). The first-order valence-electron chi connectivity index (χ1n) is 6.39. The van der Waals surface area contributed by atoms with Crippen molar-refractivity contribution in [2.45, 2.75) is 30.8 Å². The molecule has 0 aromatic heterocycles. The summed E-state index contributed by atoms with van der Waals surface area (Å²) >= 11 is 3.35. The number of nitrogens with one attached hydrogen (secondary N) is 1. The first kappa shape index (κ1) is 15.8. The molecule has 0 saturated carbocycles. The van der Waals surface area contributed by atoms with E-state index in [1.54, 1.807) is 12.1 Å². The van der Waals surface area contributed by atoms with Crippen molar-refractivity contribution in [1.29, 1.82) is 0 Å². The molecule has 1 aromatic carbocycles. The number of aryl methyl sites for hydroxylation is 1. The molecular weight excluding hydrogens is 346 g/mol. The lowest BCUT2D eigenvalue weighted by Gasteiger charge is -2.14. The zero-order valence-corrected chi connectivity index (χ0v) is 13.9. The third kappa shape index (κ3) is 3.52. The number of hydrogen-bond donors (Lipinski definition) is 1. The van der Waals surface area contributed by atoms with Gasteiger partial charge in [-0.15, -0.1) is 0 Å². The summed E-state index contributed by atoms with van der Waals surface area (Å²) in [6, 6.07) is 3.26. The van der Waals surface area contributed by atoms with Gasteiger partial charge in [0.15, 0.2) is 0 Å². The average molecular weight is 364 g/mol. The molecule has 5 nitrogen and oxygen atoms in total. The summed E-state index contributed by atoms with van der Waals surface area (Å²) in [5.74, 6) is 0.338. The summed E-state index contributed by atoms with van der Waals surface area (Å²) in [6.07, 6.45) is 1.83. The van der Waals surface area contributed by atoms with Crippen LogP contribution in [0.25, 0.3) is 0 Å². The molecule has 1 N–H and O–H groups in total. The van der Waals surface area contributed by atoms with Gasteiger partial charge >= 0.3 is 0 Å². The molecule has 1 aromatic rings. The lowest BCUT2D eigenvalue weighted by atomic mass is 10.2. The molecule has 0 bridgehead atoms. The van der Waals surface area contributed by atoms with Gasteiger partial charge in [-0.1, -0.05) is 15.9 Å². The van der Waals surface area contributed by atoms with Crippen LogP contribution in [0.2, 0.25) is 0 Å². The van der Waals surface area contributed by atoms with Crippen molar-refractivity contribution < 1.29 is 17.9 Å². The van der Waals surface area contributed by atoms with Crippen LogP contribution < -0.4 is 9.46 Å². The van der Waals surface area contributed by atoms with Gasteiger partial charge in [-0.3, -0.25) is 0 Å². The van der Waals surface area contributed by atoms with Gasteiger partial charge in [0.2, 0.25) is 10.0 Å². The van der Waals surface area contributed by atoms with E-state index in [2.05, 4.69) is 20.7 Å². The third-order valence-corrected chi connectivity index (χ3v) is 5.56. The fourth-order valence-electron chi connectivity index (χ4n) is 2.09. The number of sulfonamides is 1. The lowest BCUT2D eigenvalue weighted by molar-refractivity contribution is 0.114. The zero-order chi connectivity index (χ0) is 14.8. The van der Waals surface area contributed by atoms with Crippen molar-refractivity contribution in [1.82, 2.24) is 4.72 Å². The second-order valence-corrected chi connectivity index (χ2v) is 7.33. The van der Waals surface area contributed by atoms with Crippen LogP contribution in [0.1, 0.15) is 18.4 Å². The van der Waals surface area contributed by atoms with Crippen LogP contribution in [0, 0.1) is 6.92 Å². The van der Waals surface area contributed by atoms with E-state index < -0.39 is 10.0 Å². The number of hydrogen-bond acceptors (Lipinski definition) is 4. The van der Waals surface area contributed by atoms with Gasteiger partial charge in [0.25, 0.3) is 0 Å². The monoisotopic (exact) mass is 363 g/mol. The van der Waals surface area contributed by atoms with Gasteiger partial charge in [0, 0.05) is 17.6 Å². The molecule has 1 fully saturated rings. The van der Waals surface area contributed by atoms with Crippen molar-refractivity contribution in [2.24, 2.45) is 0 Å². The van der Waals surface area contributed by atoms with Crippen molar-refractivity contribution in [3.63, 3.8) is 0 Å². The summed E-state index contributed by atoms with van der Waals surface area (Å²) in [6.45, 7) is 2.87. The highest BCUT2D eigenvalue weighted by atomic mass is 79.9. The summed E-state index contributed by atoms with van der Waals surface area (Å²) in [5, 5.41) is 0. The maximum Gasteiger partial charge on any atom is 0.244 e. The van der Waals surface area contributed by atoms with Crippen LogP contribution in [0.15, 0.2) is 21.5 Å². The first-order valence-corrected chi connectivity index (χ1v) is 8.67. The Morgan fingerprint density at radius 3 is 2.85 bits per heavy atom. The smallest absolute Gasteiger partial charge is 0.244 e. The second-order valence-electron chi connectivity index (χ2n) is 4.74. The Bertz CT molecular complexity index is 582. The number of halogens is 1. The third-order valence-electron chi connectivity index (χ3n) is 3.26. The average Bonchev–Trinajstić information content (AvgIpc) is 2.92. The van der Waals surface area contributed by atoms with E-state index in [9.17, 15) is 8.42 Å². The summed E-state index contributed by atoms with van der Waals surface area (Å²) in [7, 11) is -2.15. The molecule has 0 radical (unpaired) electrons. The predicted molar refractivity (Wildman–Crippen MR) is 79.6 cm³/mol. The highest BCUT2D eigenvalue weighted by Gasteiger charge is 2.23. The minimum Gasteiger partial charge on any atom is -0.495 e. The van der Waals surface area contributed by atoms with Gasteiger partial charge in [0.05, 0.1) is 13.2 Å². The summed E-state index contributed by atoms with van der Waals surface area (Å²) < 4.78 is 38.6. The highest BCUT2D eigenvalue weighted by Crippen LogP contribution is 2.30. The fourth-order valence-corrected chi connectivity index (χ4v) is 3.83. The molecule has 1 aliphatic rings. The van der Waals surface area contributed by atoms with E-state index in [-0.39, 0.29) is 17.5 Å².